The van der Waals surface area contributed by atoms with Crippen LogP contribution in [-0.2, 0) is 4.79 Å². The summed E-state index contributed by atoms with van der Waals surface area (Å²) in [5.74, 6) is 0.509. The highest BCUT2D eigenvalue weighted by Crippen LogP contribution is 2.40. The fourth-order valence-electron chi connectivity index (χ4n) is 5.65. The van der Waals surface area contributed by atoms with Gasteiger partial charge in [-0.25, -0.2) is 0 Å². The van der Waals surface area contributed by atoms with Gasteiger partial charge in [0.1, 0.15) is 37.0 Å². The van der Waals surface area contributed by atoms with Crippen LogP contribution in [0.2, 0.25) is 0 Å². The van der Waals surface area contributed by atoms with Crippen molar-refractivity contribution in [3.63, 3.8) is 0 Å². The molecular weight excluding hydrogens is 306 g/mol. The molecule has 4 aliphatic rings. The molecule has 4 saturated heterocycles. The van der Waals surface area contributed by atoms with Crippen molar-refractivity contribution in [2.45, 2.75) is 32.9 Å². The highest BCUT2D eigenvalue weighted by molar-refractivity contribution is 5.92. The van der Waals surface area contributed by atoms with E-state index in [0.29, 0.717) is 11.9 Å². The number of piperidine rings is 2. The number of nitrogens with zero attached hydrogens (tertiary/aromatic N) is 1. The van der Waals surface area contributed by atoms with Gasteiger partial charge in [-0.3, -0.25) is 24.7 Å². The molecule has 2 N–H and O–H groups in total. The number of carbonyl (C=O) groups is 1. The van der Waals surface area contributed by atoms with Gasteiger partial charge in [0.25, 0.3) is 5.69 Å². The molecule has 4 fully saturated rings. The lowest BCUT2D eigenvalue weighted by Gasteiger charge is -2.60. The highest BCUT2D eigenvalue weighted by atomic mass is 16.6. The topological polar surface area (TPSA) is 69.1 Å². The third-order valence-electron chi connectivity index (χ3n) is 6.83. The van der Waals surface area contributed by atoms with Crippen LogP contribution in [0.1, 0.15) is 38.4 Å². The largest absolute Gasteiger partial charge is 0.297 e. The maximum atomic E-state index is 13.1. The van der Waals surface area contributed by atoms with E-state index in [1.807, 2.05) is 12.1 Å². The fourth-order valence-corrected chi connectivity index (χ4v) is 5.65. The first-order valence-corrected chi connectivity index (χ1v) is 8.93. The van der Waals surface area contributed by atoms with Gasteiger partial charge in [-0.15, -0.1) is 0 Å². The van der Waals surface area contributed by atoms with Crippen molar-refractivity contribution >= 4 is 11.5 Å². The number of nitrogens with one attached hydrogen (secondary N) is 2. The van der Waals surface area contributed by atoms with Crippen LogP contribution in [0.4, 0.5) is 5.69 Å². The van der Waals surface area contributed by atoms with Gasteiger partial charge < -0.3 is 0 Å². The molecule has 4 heterocycles. The third-order valence-corrected chi connectivity index (χ3v) is 6.83. The van der Waals surface area contributed by atoms with E-state index in [0.717, 1.165) is 44.6 Å². The summed E-state index contributed by atoms with van der Waals surface area (Å²) >= 11 is 0. The number of quaternary nitrogens is 2. The lowest BCUT2D eigenvalue weighted by molar-refractivity contribution is -1.18. The summed E-state index contributed by atoms with van der Waals surface area (Å²) in [7, 11) is 0. The molecule has 0 aliphatic carbocycles. The second kappa shape index (κ2) is 5.10. The average molecular weight is 331 g/mol. The minimum atomic E-state index is -0.349. The van der Waals surface area contributed by atoms with E-state index in [4.69, 9.17) is 0 Å². The summed E-state index contributed by atoms with van der Waals surface area (Å²) in [4.78, 5) is 26.7. The molecule has 0 atom stereocenters. The Morgan fingerprint density at radius 2 is 1.50 bits per heavy atom. The number of Topliss-reactive ketones (excluding diaryl/α,β-unsaturated/α-hetero) is 1. The van der Waals surface area contributed by atoms with Crippen LogP contribution in [-0.4, -0.2) is 36.9 Å². The Bertz CT molecular complexity index is 658. The molecule has 128 valence electrons. The van der Waals surface area contributed by atoms with Crippen molar-refractivity contribution in [2.24, 2.45) is 10.8 Å². The van der Waals surface area contributed by atoms with Crippen LogP contribution in [0.3, 0.4) is 0 Å². The standard InChI is InChI=1S/C18H23N3O3/c1-3-17-9-19-11-18(4-2,16(17)22)12-20(10-17)15(19)13-5-7-14(8-6-13)21(23)24/h5-8,15H,3-4,9-12H2,1-2H3/p+2. The zero-order valence-corrected chi connectivity index (χ0v) is 14.3. The molecule has 5 rings (SSSR count). The summed E-state index contributed by atoms with van der Waals surface area (Å²) < 4.78 is 0. The van der Waals surface area contributed by atoms with Crippen LogP contribution in [0, 0.1) is 20.9 Å². The Morgan fingerprint density at radius 1 is 1.04 bits per heavy atom. The predicted molar refractivity (Wildman–Crippen MR) is 87.7 cm³/mol. The Balaban J connectivity index is 1.70. The SMILES string of the molecule is CCC12C[NH+]3CC(CC)(C[NH+](C1)C3c1ccc([N+](=O)[O-])cc1)C2=O. The Morgan fingerprint density at radius 3 is 1.88 bits per heavy atom. The minimum absolute atomic E-state index is 0.141. The van der Waals surface area contributed by atoms with Crippen LogP contribution in [0.25, 0.3) is 0 Å². The number of benzene rings is 1. The van der Waals surface area contributed by atoms with Gasteiger partial charge in [-0.05, 0) is 25.0 Å². The van der Waals surface area contributed by atoms with E-state index in [9.17, 15) is 14.9 Å². The van der Waals surface area contributed by atoms with Crippen LogP contribution in [0.15, 0.2) is 24.3 Å². The van der Waals surface area contributed by atoms with E-state index in [-0.39, 0.29) is 21.4 Å². The molecular formula is C18H25N3O3+2. The molecule has 4 bridgehead atoms. The molecule has 24 heavy (non-hydrogen) atoms. The van der Waals surface area contributed by atoms with Gasteiger partial charge in [0.2, 0.25) is 6.17 Å². The Kier molecular flexibility index (Phi) is 3.34. The first-order chi connectivity index (χ1) is 11.4. The summed E-state index contributed by atoms with van der Waals surface area (Å²) in [6, 6.07) is 7.03. The zero-order chi connectivity index (χ0) is 17.1. The van der Waals surface area contributed by atoms with Crippen molar-refractivity contribution in [3.8, 4) is 0 Å². The molecule has 6 nitrogen and oxygen atoms in total. The number of carbonyl (C=O) groups excluding carboxylic acids is 1. The summed E-state index contributed by atoms with van der Waals surface area (Å²) in [6.07, 6.45) is 2.15. The van der Waals surface area contributed by atoms with E-state index in [1.165, 1.54) is 9.80 Å². The monoisotopic (exact) mass is 331 g/mol. The molecule has 0 aromatic heterocycles. The lowest BCUT2D eigenvalue weighted by atomic mass is 9.58. The fraction of sp³-hybridized carbons (Fsp3) is 0.611. The number of rotatable bonds is 4. The molecule has 0 spiro atoms. The normalized spacial score (nSPS) is 40.1. The second-order valence-corrected chi connectivity index (χ2v) is 7.90. The van der Waals surface area contributed by atoms with Crippen molar-refractivity contribution < 1.29 is 19.5 Å². The van der Waals surface area contributed by atoms with Gasteiger partial charge in [0.05, 0.1) is 10.5 Å². The second-order valence-electron chi connectivity index (χ2n) is 7.90. The molecule has 1 aromatic carbocycles. The van der Waals surface area contributed by atoms with Gasteiger partial charge in [-0.1, -0.05) is 13.8 Å². The van der Waals surface area contributed by atoms with Crippen molar-refractivity contribution in [1.82, 2.24) is 0 Å². The van der Waals surface area contributed by atoms with Gasteiger partial charge in [0, 0.05) is 12.1 Å². The van der Waals surface area contributed by atoms with Crippen molar-refractivity contribution in [1.29, 1.82) is 0 Å². The maximum Gasteiger partial charge on any atom is 0.269 e. The van der Waals surface area contributed by atoms with E-state index in [2.05, 4.69) is 13.8 Å². The predicted octanol–water partition coefficient (Wildman–Crippen LogP) is -0.234. The minimum Gasteiger partial charge on any atom is -0.297 e. The molecule has 6 heteroatoms. The quantitative estimate of drug-likeness (QED) is 0.591. The third kappa shape index (κ3) is 1.93. The average Bonchev–Trinajstić information content (AvgIpc) is 2.58. The zero-order valence-electron chi connectivity index (χ0n) is 14.3. The van der Waals surface area contributed by atoms with Crippen LogP contribution in [0.5, 0.6) is 0 Å². The van der Waals surface area contributed by atoms with E-state index < -0.39 is 0 Å². The summed E-state index contributed by atoms with van der Waals surface area (Å²) in [6.45, 7) is 7.95. The van der Waals surface area contributed by atoms with E-state index in [1.54, 1.807) is 12.1 Å². The van der Waals surface area contributed by atoms with Crippen molar-refractivity contribution in [3.05, 3.63) is 39.9 Å². The molecule has 1 aromatic rings. The number of nitro benzene ring substituents is 1. The Hall–Kier alpha value is -1.79. The van der Waals surface area contributed by atoms with E-state index >= 15 is 0 Å². The summed E-state index contributed by atoms with van der Waals surface area (Å²) in [5.41, 5.74) is 0.986. The molecule has 4 aliphatic heterocycles. The van der Waals surface area contributed by atoms with Gasteiger partial charge in [0.15, 0.2) is 5.78 Å². The maximum absolute atomic E-state index is 13.1. The lowest BCUT2D eigenvalue weighted by Crippen LogP contribution is -3.41. The smallest absolute Gasteiger partial charge is 0.269 e. The molecule has 0 unspecified atom stereocenters. The summed E-state index contributed by atoms with van der Waals surface area (Å²) in [5, 5.41) is 10.9. The number of ketones is 1. The molecule has 0 amide bonds. The number of non-ortho nitro benzene ring substituents is 1. The number of hydrogen-bond acceptors (Lipinski definition) is 3. The van der Waals surface area contributed by atoms with Crippen LogP contribution >= 0.6 is 0 Å². The molecule has 0 saturated carbocycles. The Labute approximate surface area is 141 Å². The van der Waals surface area contributed by atoms with Crippen molar-refractivity contribution in [2.75, 3.05) is 26.2 Å². The molecule has 0 radical (unpaired) electrons. The first-order valence-electron chi connectivity index (χ1n) is 8.93. The van der Waals surface area contributed by atoms with Crippen LogP contribution < -0.4 is 9.80 Å². The van der Waals surface area contributed by atoms with Gasteiger partial charge >= 0.3 is 0 Å². The number of nitro groups is 1. The van der Waals surface area contributed by atoms with Gasteiger partial charge in [-0.2, -0.15) is 0 Å². The first kappa shape index (κ1) is 15.7. The highest BCUT2D eigenvalue weighted by Gasteiger charge is 2.70. The number of hydrogen-bond donors (Lipinski definition) is 2.